The number of alkyl halides is 3. The third kappa shape index (κ3) is 2.92. The lowest BCUT2D eigenvalue weighted by Gasteiger charge is -2.13. The van der Waals surface area contributed by atoms with Crippen molar-refractivity contribution < 1.29 is 17.9 Å². The van der Waals surface area contributed by atoms with Gasteiger partial charge in [-0.2, -0.15) is 13.2 Å². The van der Waals surface area contributed by atoms with E-state index in [4.69, 9.17) is 27.9 Å². The van der Waals surface area contributed by atoms with Crippen LogP contribution in [0.15, 0.2) is 12.1 Å². The van der Waals surface area contributed by atoms with E-state index in [0.717, 1.165) is 6.07 Å². The van der Waals surface area contributed by atoms with Gasteiger partial charge in [0.15, 0.2) is 0 Å². The summed E-state index contributed by atoms with van der Waals surface area (Å²) in [6, 6.07) is 2.02. The SMILES string of the molecule is CCOc1cc(Cl)cc(C(F)(F)F)c1Cl. The number of ether oxygens (including phenoxy) is 1. The van der Waals surface area contributed by atoms with Gasteiger partial charge in [-0.05, 0) is 13.0 Å². The lowest BCUT2D eigenvalue weighted by atomic mass is 10.2. The van der Waals surface area contributed by atoms with E-state index in [1.807, 2.05) is 0 Å². The molecule has 1 rings (SSSR count). The van der Waals surface area contributed by atoms with Gasteiger partial charge in [-0.3, -0.25) is 0 Å². The van der Waals surface area contributed by atoms with Crippen LogP contribution < -0.4 is 4.74 Å². The van der Waals surface area contributed by atoms with Crippen LogP contribution in [0.5, 0.6) is 5.75 Å². The molecule has 0 aliphatic rings. The van der Waals surface area contributed by atoms with Gasteiger partial charge in [0.25, 0.3) is 0 Å². The molecule has 0 atom stereocenters. The molecule has 0 aromatic heterocycles. The fraction of sp³-hybridized carbons (Fsp3) is 0.333. The largest absolute Gasteiger partial charge is 0.492 e. The monoisotopic (exact) mass is 258 g/mol. The second-order valence-corrected chi connectivity index (χ2v) is 3.51. The van der Waals surface area contributed by atoms with E-state index in [-0.39, 0.29) is 17.4 Å². The summed E-state index contributed by atoms with van der Waals surface area (Å²) in [4.78, 5) is 0. The quantitative estimate of drug-likeness (QED) is 0.764. The fourth-order valence-corrected chi connectivity index (χ4v) is 1.51. The molecule has 84 valence electrons. The van der Waals surface area contributed by atoms with Gasteiger partial charge in [0.1, 0.15) is 5.75 Å². The number of hydrogen-bond acceptors (Lipinski definition) is 1. The van der Waals surface area contributed by atoms with Gasteiger partial charge in [-0.1, -0.05) is 23.2 Å². The third-order valence-electron chi connectivity index (χ3n) is 1.61. The minimum atomic E-state index is -4.53. The van der Waals surface area contributed by atoms with Crippen LogP contribution in [0.25, 0.3) is 0 Å². The van der Waals surface area contributed by atoms with Crippen LogP contribution in [0, 0.1) is 0 Å². The molecule has 6 heteroatoms. The molecular weight excluding hydrogens is 252 g/mol. The van der Waals surface area contributed by atoms with E-state index in [1.54, 1.807) is 6.92 Å². The Kier molecular flexibility index (Phi) is 3.73. The molecule has 1 nitrogen and oxygen atoms in total. The van der Waals surface area contributed by atoms with Crippen LogP contribution in [0.2, 0.25) is 10.0 Å². The number of rotatable bonds is 2. The standard InChI is InChI=1S/C9H7Cl2F3O/c1-2-15-7-4-5(10)3-6(8(7)11)9(12,13)14/h3-4H,2H2,1H3. The van der Waals surface area contributed by atoms with E-state index in [0.29, 0.717) is 0 Å². The Bertz CT molecular complexity index is 363. The summed E-state index contributed by atoms with van der Waals surface area (Å²) >= 11 is 11.1. The molecule has 1 aromatic rings. The van der Waals surface area contributed by atoms with Gasteiger partial charge in [0.05, 0.1) is 17.2 Å². The van der Waals surface area contributed by atoms with Crippen molar-refractivity contribution >= 4 is 23.2 Å². The van der Waals surface area contributed by atoms with E-state index < -0.39 is 16.8 Å². The summed E-state index contributed by atoms with van der Waals surface area (Å²) in [5, 5.41) is -0.524. The van der Waals surface area contributed by atoms with Gasteiger partial charge < -0.3 is 4.74 Å². The lowest BCUT2D eigenvalue weighted by molar-refractivity contribution is -0.137. The van der Waals surface area contributed by atoms with Gasteiger partial charge in [0, 0.05) is 11.1 Å². The molecule has 0 radical (unpaired) electrons. The highest BCUT2D eigenvalue weighted by molar-refractivity contribution is 6.35. The molecule has 1 aromatic carbocycles. The minimum absolute atomic E-state index is 0.0565. The molecule has 0 amide bonds. The molecule has 0 saturated carbocycles. The number of halogens is 5. The Morgan fingerprint density at radius 1 is 1.27 bits per heavy atom. The predicted octanol–water partition coefficient (Wildman–Crippen LogP) is 4.41. The van der Waals surface area contributed by atoms with Crippen LogP contribution in [0.4, 0.5) is 13.2 Å². The smallest absolute Gasteiger partial charge is 0.418 e. The van der Waals surface area contributed by atoms with Crippen molar-refractivity contribution in [3.05, 3.63) is 27.7 Å². The van der Waals surface area contributed by atoms with E-state index in [1.165, 1.54) is 6.07 Å². The molecule has 0 aliphatic carbocycles. The summed E-state index contributed by atoms with van der Waals surface area (Å²) in [7, 11) is 0. The van der Waals surface area contributed by atoms with E-state index in [9.17, 15) is 13.2 Å². The molecule has 0 aliphatic heterocycles. The van der Waals surface area contributed by atoms with Crippen molar-refractivity contribution in [2.75, 3.05) is 6.61 Å². The first-order valence-corrected chi connectivity index (χ1v) is 4.81. The Morgan fingerprint density at radius 3 is 2.33 bits per heavy atom. The average molecular weight is 259 g/mol. The van der Waals surface area contributed by atoms with Crippen LogP contribution in [0.1, 0.15) is 12.5 Å². The summed E-state index contributed by atoms with van der Waals surface area (Å²) in [5.41, 5.74) is -0.986. The highest BCUT2D eigenvalue weighted by atomic mass is 35.5. The highest BCUT2D eigenvalue weighted by Crippen LogP contribution is 2.41. The van der Waals surface area contributed by atoms with Gasteiger partial charge >= 0.3 is 6.18 Å². The highest BCUT2D eigenvalue weighted by Gasteiger charge is 2.35. The van der Waals surface area contributed by atoms with Crippen molar-refractivity contribution in [3.63, 3.8) is 0 Å². The average Bonchev–Trinajstić information content (AvgIpc) is 2.09. The van der Waals surface area contributed by atoms with Gasteiger partial charge in [-0.25, -0.2) is 0 Å². The molecule has 0 spiro atoms. The first-order valence-electron chi connectivity index (χ1n) is 4.05. The zero-order valence-electron chi connectivity index (χ0n) is 7.66. The van der Waals surface area contributed by atoms with Crippen molar-refractivity contribution in [3.8, 4) is 5.75 Å². The fourth-order valence-electron chi connectivity index (χ4n) is 1.03. The zero-order valence-corrected chi connectivity index (χ0v) is 9.17. The molecule has 0 fully saturated rings. The van der Waals surface area contributed by atoms with Crippen LogP contribution >= 0.6 is 23.2 Å². The second-order valence-electron chi connectivity index (χ2n) is 2.70. The molecule has 0 saturated heterocycles. The first kappa shape index (κ1) is 12.5. The first-order chi connectivity index (χ1) is 6.86. The minimum Gasteiger partial charge on any atom is -0.492 e. The Labute approximate surface area is 94.7 Å². The van der Waals surface area contributed by atoms with Crippen LogP contribution in [-0.4, -0.2) is 6.61 Å². The number of hydrogen-bond donors (Lipinski definition) is 0. The normalized spacial score (nSPS) is 11.6. The van der Waals surface area contributed by atoms with Crippen molar-refractivity contribution in [1.29, 1.82) is 0 Å². The van der Waals surface area contributed by atoms with Gasteiger partial charge in [0.2, 0.25) is 0 Å². The van der Waals surface area contributed by atoms with Crippen LogP contribution in [-0.2, 0) is 6.18 Å². The molecule has 0 heterocycles. The van der Waals surface area contributed by atoms with Crippen LogP contribution in [0.3, 0.4) is 0 Å². The molecule has 15 heavy (non-hydrogen) atoms. The summed E-state index contributed by atoms with van der Waals surface area (Å²) in [5.74, 6) is -0.0565. The molecule has 0 unspecified atom stereocenters. The third-order valence-corrected chi connectivity index (χ3v) is 2.22. The second kappa shape index (κ2) is 4.49. The van der Waals surface area contributed by atoms with Crippen molar-refractivity contribution in [1.82, 2.24) is 0 Å². The molecular formula is C9H7Cl2F3O. The summed E-state index contributed by atoms with van der Waals surface area (Å²) in [6.45, 7) is 1.86. The Hall–Kier alpha value is -0.610. The predicted molar refractivity (Wildman–Crippen MR) is 52.6 cm³/mol. The van der Waals surface area contributed by atoms with Crippen molar-refractivity contribution in [2.24, 2.45) is 0 Å². The summed E-state index contributed by atoms with van der Waals surface area (Å²) < 4.78 is 42.3. The topological polar surface area (TPSA) is 9.23 Å². The Morgan fingerprint density at radius 2 is 1.87 bits per heavy atom. The van der Waals surface area contributed by atoms with Crippen molar-refractivity contribution in [2.45, 2.75) is 13.1 Å². The molecule has 0 N–H and O–H groups in total. The molecule has 0 bridgehead atoms. The van der Waals surface area contributed by atoms with Gasteiger partial charge in [-0.15, -0.1) is 0 Å². The van der Waals surface area contributed by atoms with E-state index >= 15 is 0 Å². The Balaban J connectivity index is 3.28. The zero-order chi connectivity index (χ0) is 11.6. The lowest BCUT2D eigenvalue weighted by Crippen LogP contribution is -2.07. The maximum absolute atomic E-state index is 12.5. The number of benzene rings is 1. The summed E-state index contributed by atoms with van der Waals surface area (Å²) in [6.07, 6.45) is -4.53. The maximum atomic E-state index is 12.5. The van der Waals surface area contributed by atoms with E-state index in [2.05, 4.69) is 0 Å². The maximum Gasteiger partial charge on any atom is 0.418 e.